The number of rotatable bonds is 8. The summed E-state index contributed by atoms with van der Waals surface area (Å²) in [5, 5.41) is 0.489. The van der Waals surface area contributed by atoms with Crippen molar-refractivity contribution in [3.05, 3.63) is 64.5 Å². The Bertz CT molecular complexity index is 1000. The maximum atomic E-state index is 13.2. The van der Waals surface area contributed by atoms with Crippen molar-refractivity contribution in [1.29, 1.82) is 0 Å². The lowest BCUT2D eigenvalue weighted by molar-refractivity contribution is -0.145. The molecule has 0 amide bonds. The molecule has 0 aliphatic heterocycles. The molecule has 1 aromatic heterocycles. The van der Waals surface area contributed by atoms with Gasteiger partial charge in [-0.05, 0) is 31.0 Å². The monoisotopic (exact) mass is 380 g/mol. The first kappa shape index (κ1) is 19.7. The molecule has 5 heteroatoms. The van der Waals surface area contributed by atoms with Gasteiger partial charge in [0.2, 0.25) is 5.43 Å². The zero-order chi connectivity index (χ0) is 19.9. The Balaban J connectivity index is 2.02. The van der Waals surface area contributed by atoms with E-state index in [1.54, 1.807) is 25.1 Å². The summed E-state index contributed by atoms with van der Waals surface area (Å²) in [7, 11) is 0. The molecule has 0 saturated carbocycles. The second kappa shape index (κ2) is 9.22. The first-order chi connectivity index (χ1) is 13.6. The summed E-state index contributed by atoms with van der Waals surface area (Å²) in [4.78, 5) is 24.7. The summed E-state index contributed by atoms with van der Waals surface area (Å²) in [6.07, 6.45) is 2.60. The molecule has 0 bridgehead atoms. The molecule has 0 fully saturated rings. The summed E-state index contributed by atoms with van der Waals surface area (Å²) in [5.41, 5.74) is 1.86. The smallest absolute Gasteiger partial charge is 0.344 e. The number of carbonyl (C=O) groups is 1. The number of hydrogen-bond acceptors (Lipinski definition) is 5. The molecule has 3 rings (SSSR count). The summed E-state index contributed by atoms with van der Waals surface area (Å²) in [5.74, 6) is 0.692. The molecule has 0 atom stereocenters. The van der Waals surface area contributed by atoms with Gasteiger partial charge in [0.1, 0.15) is 17.1 Å². The number of hydrogen-bond donors (Lipinski definition) is 0. The van der Waals surface area contributed by atoms with E-state index in [1.807, 2.05) is 30.3 Å². The summed E-state index contributed by atoms with van der Waals surface area (Å²) in [6.45, 7) is 3.96. The number of fused-ring (bicyclic) bond motifs is 1. The van der Waals surface area contributed by atoms with E-state index < -0.39 is 5.97 Å². The third-order valence-corrected chi connectivity index (χ3v) is 4.42. The van der Waals surface area contributed by atoms with Crippen molar-refractivity contribution in [1.82, 2.24) is 0 Å². The second-order valence-electron chi connectivity index (χ2n) is 6.45. The van der Waals surface area contributed by atoms with E-state index in [1.165, 1.54) is 0 Å². The van der Waals surface area contributed by atoms with Crippen LogP contribution in [0.1, 0.15) is 32.4 Å². The molecule has 28 heavy (non-hydrogen) atoms. The van der Waals surface area contributed by atoms with Crippen molar-refractivity contribution in [3.63, 3.8) is 0 Å². The van der Waals surface area contributed by atoms with Gasteiger partial charge in [0.05, 0.1) is 17.6 Å². The Hall–Kier alpha value is -3.08. The predicted octanol–water partition coefficient (Wildman–Crippen LogP) is 4.74. The van der Waals surface area contributed by atoms with Crippen LogP contribution in [-0.4, -0.2) is 19.2 Å². The minimum Gasteiger partial charge on any atom is -0.482 e. The summed E-state index contributed by atoms with van der Waals surface area (Å²) in [6, 6.07) is 14.6. The van der Waals surface area contributed by atoms with Crippen molar-refractivity contribution < 1.29 is 18.7 Å². The van der Waals surface area contributed by atoms with E-state index in [-0.39, 0.29) is 12.0 Å². The molecule has 0 spiro atoms. The Labute approximate surface area is 163 Å². The number of carbonyl (C=O) groups excluding carboxylic acids is 1. The van der Waals surface area contributed by atoms with Gasteiger partial charge in [-0.15, -0.1) is 0 Å². The van der Waals surface area contributed by atoms with E-state index in [0.717, 1.165) is 18.4 Å². The van der Waals surface area contributed by atoms with E-state index in [0.29, 0.717) is 41.1 Å². The van der Waals surface area contributed by atoms with Gasteiger partial charge in [0.25, 0.3) is 0 Å². The van der Waals surface area contributed by atoms with Crippen molar-refractivity contribution in [2.75, 3.05) is 13.2 Å². The molecule has 5 nitrogen and oxygen atoms in total. The molecule has 3 aromatic rings. The summed E-state index contributed by atoms with van der Waals surface area (Å²) < 4.78 is 16.5. The molecule has 0 N–H and O–H groups in total. The molecule has 0 aliphatic carbocycles. The highest BCUT2D eigenvalue weighted by molar-refractivity contribution is 5.84. The van der Waals surface area contributed by atoms with E-state index in [2.05, 4.69) is 6.92 Å². The van der Waals surface area contributed by atoms with Crippen molar-refractivity contribution >= 4 is 16.9 Å². The molecular formula is C23H24O5. The van der Waals surface area contributed by atoms with Crippen LogP contribution in [0.2, 0.25) is 0 Å². The molecule has 0 unspecified atom stereocenters. The van der Waals surface area contributed by atoms with Crippen LogP contribution in [0.15, 0.2) is 57.7 Å². The van der Waals surface area contributed by atoms with Crippen LogP contribution in [-0.2, 0) is 16.0 Å². The highest BCUT2D eigenvalue weighted by Crippen LogP contribution is 2.28. The van der Waals surface area contributed by atoms with E-state index >= 15 is 0 Å². The largest absolute Gasteiger partial charge is 0.482 e. The van der Waals surface area contributed by atoms with Crippen molar-refractivity contribution in [3.8, 4) is 16.9 Å². The van der Waals surface area contributed by atoms with Gasteiger partial charge in [-0.2, -0.15) is 0 Å². The van der Waals surface area contributed by atoms with Gasteiger partial charge in [-0.25, -0.2) is 4.79 Å². The van der Waals surface area contributed by atoms with Gasteiger partial charge in [-0.1, -0.05) is 43.7 Å². The van der Waals surface area contributed by atoms with Crippen molar-refractivity contribution in [2.45, 2.75) is 33.1 Å². The third kappa shape index (κ3) is 4.42. The highest BCUT2D eigenvalue weighted by Gasteiger charge is 2.16. The molecule has 146 valence electrons. The van der Waals surface area contributed by atoms with E-state index in [9.17, 15) is 9.59 Å². The normalized spacial score (nSPS) is 10.8. The Morgan fingerprint density at radius 1 is 1.07 bits per heavy atom. The first-order valence-electron chi connectivity index (χ1n) is 9.57. The van der Waals surface area contributed by atoms with Crippen LogP contribution in [0.5, 0.6) is 5.75 Å². The number of ether oxygens (including phenoxy) is 2. The molecule has 0 radical (unpaired) electrons. The van der Waals surface area contributed by atoms with Gasteiger partial charge < -0.3 is 13.9 Å². The van der Waals surface area contributed by atoms with Crippen molar-refractivity contribution in [2.24, 2.45) is 0 Å². The number of aryl methyl sites for hydroxylation is 1. The van der Waals surface area contributed by atoms with Crippen LogP contribution in [0, 0.1) is 0 Å². The van der Waals surface area contributed by atoms with Crippen LogP contribution in [0.25, 0.3) is 22.1 Å². The maximum Gasteiger partial charge on any atom is 0.344 e. The summed E-state index contributed by atoms with van der Waals surface area (Å²) >= 11 is 0. The van der Waals surface area contributed by atoms with Gasteiger partial charge >= 0.3 is 5.97 Å². The average molecular weight is 380 g/mol. The lowest BCUT2D eigenvalue weighted by Crippen LogP contribution is -2.14. The Kier molecular flexibility index (Phi) is 6.48. The maximum absolute atomic E-state index is 13.2. The number of benzene rings is 2. The molecule has 2 aromatic carbocycles. The fourth-order valence-corrected chi connectivity index (χ4v) is 3.06. The highest BCUT2D eigenvalue weighted by atomic mass is 16.6. The van der Waals surface area contributed by atoms with Gasteiger partial charge in [0, 0.05) is 12.5 Å². The van der Waals surface area contributed by atoms with Gasteiger partial charge in [-0.3, -0.25) is 4.79 Å². The minimum atomic E-state index is -0.438. The minimum absolute atomic E-state index is 0.0597. The Morgan fingerprint density at radius 2 is 1.86 bits per heavy atom. The van der Waals surface area contributed by atoms with Gasteiger partial charge in [0.15, 0.2) is 6.61 Å². The number of unbranched alkanes of at least 4 members (excludes halogenated alkanes) is 1. The fraction of sp³-hybridized carbons (Fsp3) is 0.304. The van der Waals surface area contributed by atoms with Crippen LogP contribution in [0.3, 0.4) is 0 Å². The van der Waals surface area contributed by atoms with E-state index in [4.69, 9.17) is 13.9 Å². The molecular weight excluding hydrogens is 356 g/mol. The SMILES string of the molecule is CCCCc1oc2cc(OCC(=O)OCC)ccc2c(=O)c1-c1ccccc1. The molecule has 0 saturated heterocycles. The second-order valence-corrected chi connectivity index (χ2v) is 6.45. The average Bonchev–Trinajstić information content (AvgIpc) is 2.71. The predicted molar refractivity (Wildman–Crippen MR) is 109 cm³/mol. The van der Waals surface area contributed by atoms with Crippen LogP contribution < -0.4 is 10.2 Å². The van der Waals surface area contributed by atoms with Crippen LogP contribution in [0.4, 0.5) is 0 Å². The first-order valence-corrected chi connectivity index (χ1v) is 9.57. The van der Waals surface area contributed by atoms with Crippen LogP contribution >= 0.6 is 0 Å². The fourth-order valence-electron chi connectivity index (χ4n) is 3.06. The number of esters is 1. The zero-order valence-electron chi connectivity index (χ0n) is 16.2. The zero-order valence-corrected chi connectivity index (χ0v) is 16.2. The third-order valence-electron chi connectivity index (χ3n) is 4.42. The quantitative estimate of drug-likeness (QED) is 0.528. The standard InChI is InChI=1S/C23H24O5/c1-3-5-11-19-22(16-9-7-6-8-10-16)23(25)18-13-12-17(14-20(18)28-19)27-15-21(24)26-4-2/h6-10,12-14H,3-5,11,15H2,1-2H3. The lowest BCUT2D eigenvalue weighted by atomic mass is 9.99. The lowest BCUT2D eigenvalue weighted by Gasteiger charge is -2.11. The Morgan fingerprint density at radius 3 is 2.57 bits per heavy atom. The molecule has 0 aliphatic rings. The molecule has 1 heterocycles. The topological polar surface area (TPSA) is 65.7 Å².